The van der Waals surface area contributed by atoms with Crippen LogP contribution in [-0.4, -0.2) is 60.7 Å². The maximum atomic E-state index is 5.81. The molecule has 2 N–H and O–H groups in total. The van der Waals surface area contributed by atoms with Crippen LogP contribution in [0, 0.1) is 12.8 Å². The van der Waals surface area contributed by atoms with Gasteiger partial charge in [-0.15, -0.1) is 24.0 Å². The van der Waals surface area contributed by atoms with Crippen molar-refractivity contribution in [1.82, 2.24) is 25.4 Å². The molecule has 9 heteroatoms. The molecule has 0 aliphatic carbocycles. The van der Waals surface area contributed by atoms with Crippen molar-refractivity contribution in [3.8, 4) is 0 Å². The lowest BCUT2D eigenvalue weighted by Gasteiger charge is -2.25. The fourth-order valence-electron chi connectivity index (χ4n) is 3.51. The molecule has 1 aromatic rings. The number of halogens is 1. The van der Waals surface area contributed by atoms with E-state index in [9.17, 15) is 0 Å². The molecule has 8 nitrogen and oxygen atoms in total. The number of hydrogen-bond donors (Lipinski definition) is 2. The van der Waals surface area contributed by atoms with Gasteiger partial charge in [0.25, 0.3) is 0 Å². The molecular weight excluding hydrogens is 459 g/mol. The lowest BCUT2D eigenvalue weighted by molar-refractivity contribution is 0.0203. The molecule has 1 atom stereocenters. The van der Waals surface area contributed by atoms with Gasteiger partial charge in [-0.1, -0.05) is 0 Å². The molecule has 0 spiro atoms. The Balaban J connectivity index is 0.00000261. The molecule has 1 fully saturated rings. The van der Waals surface area contributed by atoms with Crippen molar-refractivity contribution in [1.29, 1.82) is 0 Å². The Morgan fingerprint density at radius 3 is 2.93 bits per heavy atom. The predicted octanol–water partition coefficient (Wildman–Crippen LogP) is 2.04. The third kappa shape index (κ3) is 6.86. The second kappa shape index (κ2) is 11.8. The van der Waals surface area contributed by atoms with Gasteiger partial charge in [0.05, 0.1) is 6.04 Å². The fraction of sp³-hybridized carbons (Fsp3) is 0.833. The first-order valence-electron chi connectivity index (χ1n) is 9.80. The van der Waals surface area contributed by atoms with Crippen molar-refractivity contribution in [3.05, 3.63) is 11.6 Å². The van der Waals surface area contributed by atoms with Gasteiger partial charge in [-0.3, -0.25) is 4.99 Å². The third-order valence-corrected chi connectivity index (χ3v) is 4.97. The molecule has 3 heterocycles. The summed E-state index contributed by atoms with van der Waals surface area (Å²) < 4.78 is 13.2. The molecule has 0 amide bonds. The van der Waals surface area contributed by atoms with Crippen LogP contribution in [0.25, 0.3) is 0 Å². The minimum Gasteiger partial charge on any atom is -0.381 e. The highest BCUT2D eigenvalue weighted by Crippen LogP contribution is 2.22. The zero-order valence-electron chi connectivity index (χ0n) is 16.4. The van der Waals surface area contributed by atoms with Crippen molar-refractivity contribution < 1.29 is 9.47 Å². The monoisotopic (exact) mass is 492 g/mol. The summed E-state index contributed by atoms with van der Waals surface area (Å²) in [4.78, 5) is 8.90. The van der Waals surface area contributed by atoms with Gasteiger partial charge in [0.2, 0.25) is 0 Å². The standard InChI is InChI=1S/C18H32N6O2.HI/c1-14-21-17-16(5-3-9-24(17)23-14)22-18(19-2)20-8-4-10-26-13-15-6-11-25-12-7-15;/h15-16H,3-13H2,1-2H3,(H2,19,20,22);1H. The van der Waals surface area contributed by atoms with Crippen LogP contribution in [0.15, 0.2) is 4.99 Å². The van der Waals surface area contributed by atoms with E-state index in [1.165, 1.54) is 0 Å². The maximum Gasteiger partial charge on any atom is 0.191 e. The molecule has 2 aliphatic rings. The molecule has 1 unspecified atom stereocenters. The number of fused-ring (bicyclic) bond motifs is 1. The molecule has 154 valence electrons. The van der Waals surface area contributed by atoms with Gasteiger partial charge in [-0.25, -0.2) is 9.67 Å². The molecule has 3 rings (SSSR count). The van der Waals surface area contributed by atoms with Crippen LogP contribution in [0.5, 0.6) is 0 Å². The quantitative estimate of drug-likeness (QED) is 0.262. The van der Waals surface area contributed by atoms with E-state index in [-0.39, 0.29) is 30.0 Å². The van der Waals surface area contributed by atoms with Crippen LogP contribution in [-0.2, 0) is 16.0 Å². The van der Waals surface area contributed by atoms with E-state index in [4.69, 9.17) is 9.47 Å². The second-order valence-electron chi connectivity index (χ2n) is 7.06. The summed E-state index contributed by atoms with van der Waals surface area (Å²) in [6.45, 7) is 7.12. The zero-order chi connectivity index (χ0) is 18.2. The second-order valence-corrected chi connectivity index (χ2v) is 7.06. The van der Waals surface area contributed by atoms with E-state index in [0.717, 1.165) is 89.2 Å². The number of guanidine groups is 1. The predicted molar refractivity (Wildman–Crippen MR) is 116 cm³/mol. The smallest absolute Gasteiger partial charge is 0.191 e. The van der Waals surface area contributed by atoms with Crippen molar-refractivity contribution in [2.24, 2.45) is 10.9 Å². The maximum absolute atomic E-state index is 5.81. The van der Waals surface area contributed by atoms with Gasteiger partial charge in [0.1, 0.15) is 11.6 Å². The highest BCUT2D eigenvalue weighted by Gasteiger charge is 2.24. The minimum atomic E-state index is 0. The van der Waals surface area contributed by atoms with Gasteiger partial charge >= 0.3 is 0 Å². The molecule has 1 saturated heterocycles. The topological polar surface area (TPSA) is 85.6 Å². The lowest BCUT2D eigenvalue weighted by atomic mass is 10.0. The number of aryl methyl sites for hydroxylation is 2. The molecule has 0 aromatic carbocycles. The lowest BCUT2D eigenvalue weighted by Crippen LogP contribution is -2.42. The van der Waals surface area contributed by atoms with Crippen LogP contribution in [0.1, 0.15) is 49.8 Å². The summed E-state index contributed by atoms with van der Waals surface area (Å²) in [6.07, 6.45) is 5.36. The van der Waals surface area contributed by atoms with Gasteiger partial charge in [-0.2, -0.15) is 5.10 Å². The summed E-state index contributed by atoms with van der Waals surface area (Å²) >= 11 is 0. The molecule has 0 bridgehead atoms. The Kier molecular flexibility index (Phi) is 9.77. The molecule has 27 heavy (non-hydrogen) atoms. The molecule has 0 radical (unpaired) electrons. The Morgan fingerprint density at radius 1 is 1.33 bits per heavy atom. The summed E-state index contributed by atoms with van der Waals surface area (Å²) in [5.74, 6) is 3.32. The Hall–Kier alpha value is -0.940. The average Bonchev–Trinajstić information content (AvgIpc) is 3.05. The van der Waals surface area contributed by atoms with Crippen LogP contribution in [0.2, 0.25) is 0 Å². The van der Waals surface area contributed by atoms with Crippen molar-refractivity contribution in [2.75, 3.05) is 40.0 Å². The summed E-state index contributed by atoms with van der Waals surface area (Å²) in [7, 11) is 1.80. The third-order valence-electron chi connectivity index (χ3n) is 4.97. The van der Waals surface area contributed by atoms with Crippen LogP contribution in [0.3, 0.4) is 0 Å². The first kappa shape index (κ1) is 22.4. The van der Waals surface area contributed by atoms with Gasteiger partial charge in [0.15, 0.2) is 5.96 Å². The van der Waals surface area contributed by atoms with E-state index >= 15 is 0 Å². The number of ether oxygens (including phenoxy) is 2. The Morgan fingerprint density at radius 2 is 2.15 bits per heavy atom. The minimum absolute atomic E-state index is 0. The van der Waals surface area contributed by atoms with Gasteiger partial charge in [0, 0.05) is 46.6 Å². The van der Waals surface area contributed by atoms with Crippen molar-refractivity contribution in [2.45, 2.75) is 51.6 Å². The number of aliphatic imine (C=N–C) groups is 1. The van der Waals surface area contributed by atoms with E-state index in [2.05, 4.69) is 25.7 Å². The zero-order valence-corrected chi connectivity index (χ0v) is 18.8. The normalized spacial score (nSPS) is 20.7. The van der Waals surface area contributed by atoms with E-state index in [0.29, 0.717) is 5.92 Å². The first-order chi connectivity index (χ1) is 12.8. The van der Waals surface area contributed by atoms with E-state index < -0.39 is 0 Å². The van der Waals surface area contributed by atoms with Crippen LogP contribution < -0.4 is 10.6 Å². The summed E-state index contributed by atoms with van der Waals surface area (Å²) in [5, 5.41) is 11.3. The highest BCUT2D eigenvalue weighted by atomic mass is 127. The first-order valence-corrected chi connectivity index (χ1v) is 9.80. The average molecular weight is 492 g/mol. The number of nitrogens with zero attached hydrogens (tertiary/aromatic N) is 4. The van der Waals surface area contributed by atoms with Crippen LogP contribution >= 0.6 is 24.0 Å². The van der Waals surface area contributed by atoms with E-state index in [1.54, 1.807) is 7.05 Å². The Bertz CT molecular complexity index is 588. The van der Waals surface area contributed by atoms with Gasteiger partial charge < -0.3 is 20.1 Å². The number of rotatable bonds is 7. The highest BCUT2D eigenvalue weighted by molar-refractivity contribution is 14.0. The number of nitrogens with one attached hydrogen (secondary N) is 2. The molecule has 2 aliphatic heterocycles. The molecular formula is C18H33IN6O2. The van der Waals surface area contributed by atoms with Crippen molar-refractivity contribution in [3.63, 3.8) is 0 Å². The molecule has 0 saturated carbocycles. The van der Waals surface area contributed by atoms with Gasteiger partial charge in [-0.05, 0) is 44.9 Å². The van der Waals surface area contributed by atoms with E-state index in [1.807, 2.05) is 11.6 Å². The van der Waals surface area contributed by atoms with Crippen LogP contribution in [0.4, 0.5) is 0 Å². The van der Waals surface area contributed by atoms with Crippen molar-refractivity contribution >= 4 is 29.9 Å². The fourth-order valence-corrected chi connectivity index (χ4v) is 3.51. The SMILES string of the molecule is CN=C(NCCCOCC1CCOCC1)NC1CCCn2nc(C)nc21.I. The number of hydrogen-bond acceptors (Lipinski definition) is 5. The molecule has 1 aromatic heterocycles. The number of aromatic nitrogens is 3. The largest absolute Gasteiger partial charge is 0.381 e. The summed E-state index contributed by atoms with van der Waals surface area (Å²) in [5.41, 5.74) is 0. The Labute approximate surface area is 178 Å². The summed E-state index contributed by atoms with van der Waals surface area (Å²) in [6, 6.07) is 0.168.